The highest BCUT2D eigenvalue weighted by Gasteiger charge is 2.10. The summed E-state index contributed by atoms with van der Waals surface area (Å²) in [4.78, 5) is 21.0. The Hall–Kier alpha value is -2.12. The number of hydrogen-bond acceptors (Lipinski definition) is 5. The molecule has 0 saturated carbocycles. The van der Waals surface area contributed by atoms with Crippen molar-refractivity contribution in [3.8, 4) is 11.3 Å². The molecule has 0 atom stereocenters. The lowest BCUT2D eigenvalue weighted by molar-refractivity contribution is -0.113. The molecule has 2 aromatic heterocycles. The molecule has 0 bridgehead atoms. The summed E-state index contributed by atoms with van der Waals surface area (Å²) in [7, 11) is 0. The summed E-state index contributed by atoms with van der Waals surface area (Å²) in [6.07, 6.45) is 5.78. The van der Waals surface area contributed by atoms with E-state index in [1.807, 2.05) is 11.6 Å². The lowest BCUT2D eigenvalue weighted by atomic mass is 10.1. The summed E-state index contributed by atoms with van der Waals surface area (Å²) in [5.74, 6) is 0.254. The number of carbonyl (C=O) groups is 1. The van der Waals surface area contributed by atoms with Crippen LogP contribution in [0.4, 0.5) is 5.13 Å². The molecule has 0 aliphatic carbocycles. The van der Waals surface area contributed by atoms with Gasteiger partial charge in [-0.1, -0.05) is 49.9 Å². The number of thioether (sulfide) groups is 1. The van der Waals surface area contributed by atoms with E-state index in [0.29, 0.717) is 10.9 Å². The van der Waals surface area contributed by atoms with Crippen LogP contribution in [0.5, 0.6) is 0 Å². The zero-order chi connectivity index (χ0) is 18.4. The maximum absolute atomic E-state index is 12.2. The minimum Gasteiger partial charge on any atom is -0.326 e. The van der Waals surface area contributed by atoms with Crippen molar-refractivity contribution in [2.75, 3.05) is 11.1 Å². The van der Waals surface area contributed by atoms with Gasteiger partial charge in [0.2, 0.25) is 5.91 Å². The van der Waals surface area contributed by atoms with Crippen LogP contribution in [0.3, 0.4) is 0 Å². The molecule has 0 aliphatic heterocycles. The van der Waals surface area contributed by atoms with Crippen LogP contribution in [0.15, 0.2) is 47.2 Å². The molecule has 7 heteroatoms. The van der Waals surface area contributed by atoms with E-state index in [0.717, 1.165) is 35.8 Å². The molecule has 0 saturated heterocycles. The molecule has 0 aliphatic rings. The van der Waals surface area contributed by atoms with Crippen molar-refractivity contribution in [3.63, 3.8) is 0 Å². The standard InChI is InChI=1S/C19H22N4OS2/c1-3-10-23-11-9-20-19(23)26-13-17(24)22-18-21-16(12-25-18)15-7-5-14(4-2)6-8-15/h5-9,11-12H,3-4,10,13H2,1-2H3,(H,21,22,24). The Bertz CT molecular complexity index is 855. The molecule has 0 fully saturated rings. The summed E-state index contributed by atoms with van der Waals surface area (Å²) >= 11 is 2.89. The minimum absolute atomic E-state index is 0.0664. The number of thiazole rings is 1. The third-order valence-electron chi connectivity index (χ3n) is 3.88. The molecular weight excluding hydrogens is 364 g/mol. The quantitative estimate of drug-likeness (QED) is 0.570. The van der Waals surface area contributed by atoms with Crippen LogP contribution in [0.25, 0.3) is 11.3 Å². The van der Waals surface area contributed by atoms with Crippen molar-refractivity contribution in [1.29, 1.82) is 0 Å². The third-order valence-corrected chi connectivity index (χ3v) is 5.65. The van der Waals surface area contributed by atoms with Gasteiger partial charge in [-0.2, -0.15) is 0 Å². The normalized spacial score (nSPS) is 10.8. The number of anilines is 1. The first-order valence-electron chi connectivity index (χ1n) is 8.68. The van der Waals surface area contributed by atoms with Crippen LogP contribution in [-0.4, -0.2) is 26.2 Å². The lowest BCUT2D eigenvalue weighted by Gasteiger charge is -2.05. The van der Waals surface area contributed by atoms with Gasteiger partial charge in [-0.05, 0) is 18.4 Å². The number of nitrogens with one attached hydrogen (secondary N) is 1. The predicted molar refractivity (Wildman–Crippen MR) is 109 cm³/mol. The van der Waals surface area contributed by atoms with Crippen molar-refractivity contribution in [2.45, 2.75) is 38.4 Å². The van der Waals surface area contributed by atoms with Gasteiger partial charge in [0.25, 0.3) is 0 Å². The molecule has 3 aromatic rings. The van der Waals surface area contributed by atoms with Crippen LogP contribution in [0, 0.1) is 0 Å². The Morgan fingerprint density at radius 3 is 2.81 bits per heavy atom. The summed E-state index contributed by atoms with van der Waals surface area (Å²) in [5, 5.41) is 6.35. The molecule has 1 amide bonds. The highest BCUT2D eigenvalue weighted by Crippen LogP contribution is 2.25. The van der Waals surface area contributed by atoms with E-state index in [9.17, 15) is 4.79 Å². The molecule has 2 heterocycles. The fourth-order valence-electron chi connectivity index (χ4n) is 2.51. The summed E-state index contributed by atoms with van der Waals surface area (Å²) in [6.45, 7) is 5.17. The van der Waals surface area contributed by atoms with Gasteiger partial charge < -0.3 is 9.88 Å². The van der Waals surface area contributed by atoms with Crippen molar-refractivity contribution in [3.05, 3.63) is 47.6 Å². The molecule has 136 valence electrons. The highest BCUT2D eigenvalue weighted by molar-refractivity contribution is 7.99. The average Bonchev–Trinajstić information content (AvgIpc) is 3.30. The maximum Gasteiger partial charge on any atom is 0.236 e. The van der Waals surface area contributed by atoms with E-state index < -0.39 is 0 Å². The number of rotatable bonds is 8. The van der Waals surface area contributed by atoms with E-state index in [2.05, 4.69) is 58.0 Å². The van der Waals surface area contributed by atoms with Gasteiger partial charge in [0.1, 0.15) is 0 Å². The molecule has 0 unspecified atom stereocenters. The van der Waals surface area contributed by atoms with Crippen LogP contribution in [0.1, 0.15) is 25.8 Å². The zero-order valence-corrected chi connectivity index (χ0v) is 16.6. The number of carbonyl (C=O) groups excluding carboxylic acids is 1. The first-order valence-corrected chi connectivity index (χ1v) is 10.5. The van der Waals surface area contributed by atoms with Gasteiger partial charge in [0, 0.05) is 29.9 Å². The maximum atomic E-state index is 12.2. The van der Waals surface area contributed by atoms with Crippen molar-refractivity contribution >= 4 is 34.1 Å². The van der Waals surface area contributed by atoms with Gasteiger partial charge in [-0.15, -0.1) is 11.3 Å². The van der Waals surface area contributed by atoms with E-state index in [1.54, 1.807) is 6.20 Å². The number of nitrogens with zero attached hydrogens (tertiary/aromatic N) is 3. The number of aromatic nitrogens is 3. The van der Waals surface area contributed by atoms with E-state index in [1.165, 1.54) is 28.7 Å². The second-order valence-corrected chi connectivity index (χ2v) is 7.63. The molecular formula is C19H22N4OS2. The van der Waals surface area contributed by atoms with Crippen LogP contribution >= 0.6 is 23.1 Å². The molecule has 0 radical (unpaired) electrons. The second kappa shape index (κ2) is 9.00. The van der Waals surface area contributed by atoms with Gasteiger partial charge in [0.15, 0.2) is 10.3 Å². The van der Waals surface area contributed by atoms with Crippen molar-refractivity contribution in [2.24, 2.45) is 0 Å². The van der Waals surface area contributed by atoms with Gasteiger partial charge in [-0.25, -0.2) is 9.97 Å². The van der Waals surface area contributed by atoms with Crippen LogP contribution < -0.4 is 5.32 Å². The van der Waals surface area contributed by atoms with E-state index >= 15 is 0 Å². The van der Waals surface area contributed by atoms with E-state index in [-0.39, 0.29) is 5.91 Å². The fraction of sp³-hybridized carbons (Fsp3) is 0.316. The average molecular weight is 387 g/mol. The Labute approximate surface area is 161 Å². The van der Waals surface area contributed by atoms with Gasteiger partial charge in [-0.3, -0.25) is 4.79 Å². The van der Waals surface area contributed by atoms with Crippen molar-refractivity contribution < 1.29 is 4.79 Å². The van der Waals surface area contributed by atoms with Gasteiger partial charge >= 0.3 is 0 Å². The Kier molecular flexibility index (Phi) is 6.46. The highest BCUT2D eigenvalue weighted by atomic mass is 32.2. The summed E-state index contributed by atoms with van der Waals surface area (Å²) in [5.41, 5.74) is 3.25. The first kappa shape index (κ1) is 18.7. The predicted octanol–water partition coefficient (Wildman–Crippen LogP) is 4.71. The lowest BCUT2D eigenvalue weighted by Crippen LogP contribution is -2.14. The van der Waals surface area contributed by atoms with Crippen LogP contribution in [0.2, 0.25) is 0 Å². The number of benzene rings is 1. The summed E-state index contributed by atoms with van der Waals surface area (Å²) in [6, 6.07) is 8.37. The molecule has 1 N–H and O–H groups in total. The molecule has 3 rings (SSSR count). The summed E-state index contributed by atoms with van der Waals surface area (Å²) < 4.78 is 2.07. The van der Waals surface area contributed by atoms with Crippen LogP contribution in [-0.2, 0) is 17.8 Å². The molecule has 26 heavy (non-hydrogen) atoms. The fourth-order valence-corrected chi connectivity index (χ4v) is 4.03. The SMILES string of the molecule is CCCn1ccnc1SCC(=O)Nc1nc(-c2ccc(CC)cc2)cs1. The number of hydrogen-bond donors (Lipinski definition) is 1. The largest absolute Gasteiger partial charge is 0.326 e. The molecule has 0 spiro atoms. The number of aryl methyl sites for hydroxylation is 2. The Morgan fingerprint density at radius 1 is 1.27 bits per heavy atom. The zero-order valence-electron chi connectivity index (χ0n) is 14.9. The first-order chi connectivity index (χ1) is 12.7. The molecule has 5 nitrogen and oxygen atoms in total. The van der Waals surface area contributed by atoms with Crippen molar-refractivity contribution in [1.82, 2.24) is 14.5 Å². The number of imidazole rings is 1. The van der Waals surface area contributed by atoms with Gasteiger partial charge in [0.05, 0.1) is 11.4 Å². The van der Waals surface area contributed by atoms with E-state index in [4.69, 9.17) is 0 Å². The Morgan fingerprint density at radius 2 is 2.08 bits per heavy atom. The topological polar surface area (TPSA) is 59.8 Å². The number of amides is 1. The second-order valence-electron chi connectivity index (χ2n) is 5.83. The minimum atomic E-state index is -0.0664. The third kappa shape index (κ3) is 4.74. The molecule has 1 aromatic carbocycles. The smallest absolute Gasteiger partial charge is 0.236 e. The Balaban J connectivity index is 1.56. The monoisotopic (exact) mass is 386 g/mol.